The average molecular weight is 221 g/mol. The van der Waals surface area contributed by atoms with E-state index in [-0.39, 0.29) is 5.82 Å². The average Bonchev–Trinajstić information content (AvgIpc) is 2.76. The zero-order valence-corrected chi connectivity index (χ0v) is 8.90. The Bertz CT molecular complexity index is 453. The van der Waals surface area contributed by atoms with Gasteiger partial charge in [-0.25, -0.2) is 4.39 Å². The van der Waals surface area contributed by atoms with Crippen LogP contribution in [0.25, 0.3) is 0 Å². The summed E-state index contributed by atoms with van der Waals surface area (Å²) < 4.78 is 17.9. The van der Waals surface area contributed by atoms with Crippen LogP contribution in [0.4, 0.5) is 10.1 Å². The van der Waals surface area contributed by atoms with Crippen molar-refractivity contribution >= 4 is 5.69 Å². The highest BCUT2D eigenvalue weighted by molar-refractivity contribution is 5.42. The standard InChI is InChI=1S/C11H12FN3O/c1-2-10-14-15-11(16-10)7-13-9-5-3-8(12)4-6-9/h3-6,13H,2,7H2,1H3. The van der Waals surface area contributed by atoms with Gasteiger partial charge >= 0.3 is 0 Å². The minimum atomic E-state index is -0.253. The van der Waals surface area contributed by atoms with Crippen LogP contribution >= 0.6 is 0 Å². The molecule has 0 fully saturated rings. The van der Waals surface area contributed by atoms with E-state index < -0.39 is 0 Å². The lowest BCUT2D eigenvalue weighted by molar-refractivity contribution is 0.460. The number of hydrogen-bond donors (Lipinski definition) is 1. The van der Waals surface area contributed by atoms with E-state index in [9.17, 15) is 4.39 Å². The molecule has 0 saturated heterocycles. The molecule has 0 aliphatic carbocycles. The van der Waals surface area contributed by atoms with E-state index in [0.717, 1.165) is 12.1 Å². The highest BCUT2D eigenvalue weighted by Gasteiger charge is 2.03. The minimum Gasteiger partial charge on any atom is -0.423 e. The molecule has 1 heterocycles. The first-order valence-electron chi connectivity index (χ1n) is 5.08. The van der Waals surface area contributed by atoms with Crippen molar-refractivity contribution in [3.05, 3.63) is 41.9 Å². The maximum atomic E-state index is 12.6. The predicted octanol–water partition coefficient (Wildman–Crippen LogP) is 2.38. The number of rotatable bonds is 4. The molecule has 84 valence electrons. The largest absolute Gasteiger partial charge is 0.423 e. The summed E-state index contributed by atoms with van der Waals surface area (Å²) >= 11 is 0. The topological polar surface area (TPSA) is 51.0 Å². The lowest BCUT2D eigenvalue weighted by Gasteiger charge is -2.02. The van der Waals surface area contributed by atoms with Gasteiger partial charge in [0.15, 0.2) is 0 Å². The molecule has 0 amide bonds. The first-order valence-corrected chi connectivity index (χ1v) is 5.08. The summed E-state index contributed by atoms with van der Waals surface area (Å²) in [4.78, 5) is 0. The Morgan fingerprint density at radius 2 is 1.88 bits per heavy atom. The molecule has 0 radical (unpaired) electrons. The van der Waals surface area contributed by atoms with Crippen LogP contribution in [-0.2, 0) is 13.0 Å². The fraction of sp³-hybridized carbons (Fsp3) is 0.273. The second-order valence-corrected chi connectivity index (χ2v) is 3.30. The number of aromatic nitrogens is 2. The predicted molar refractivity (Wildman–Crippen MR) is 57.4 cm³/mol. The second kappa shape index (κ2) is 4.74. The van der Waals surface area contributed by atoms with Gasteiger partial charge in [0.2, 0.25) is 11.8 Å². The molecule has 4 nitrogen and oxygen atoms in total. The summed E-state index contributed by atoms with van der Waals surface area (Å²) in [6.07, 6.45) is 0.726. The second-order valence-electron chi connectivity index (χ2n) is 3.30. The van der Waals surface area contributed by atoms with E-state index >= 15 is 0 Å². The van der Waals surface area contributed by atoms with Crippen molar-refractivity contribution < 1.29 is 8.81 Å². The number of nitrogens with zero attached hydrogens (tertiary/aromatic N) is 2. The maximum Gasteiger partial charge on any atom is 0.235 e. The van der Waals surface area contributed by atoms with E-state index in [1.165, 1.54) is 12.1 Å². The maximum absolute atomic E-state index is 12.6. The number of halogens is 1. The van der Waals surface area contributed by atoms with Gasteiger partial charge in [0.1, 0.15) is 5.82 Å². The lowest BCUT2D eigenvalue weighted by atomic mass is 10.3. The summed E-state index contributed by atoms with van der Waals surface area (Å²) in [6.45, 7) is 2.39. The van der Waals surface area contributed by atoms with Crippen LogP contribution in [0.2, 0.25) is 0 Å². The van der Waals surface area contributed by atoms with Crippen LogP contribution in [0.3, 0.4) is 0 Å². The number of hydrogen-bond acceptors (Lipinski definition) is 4. The van der Waals surface area contributed by atoms with Gasteiger partial charge in [0.25, 0.3) is 0 Å². The van der Waals surface area contributed by atoms with Crippen molar-refractivity contribution in [2.45, 2.75) is 19.9 Å². The van der Waals surface area contributed by atoms with E-state index in [2.05, 4.69) is 15.5 Å². The number of benzene rings is 1. The number of nitrogens with one attached hydrogen (secondary N) is 1. The summed E-state index contributed by atoms with van der Waals surface area (Å²) in [7, 11) is 0. The number of anilines is 1. The smallest absolute Gasteiger partial charge is 0.235 e. The molecule has 16 heavy (non-hydrogen) atoms. The number of aryl methyl sites for hydroxylation is 1. The molecule has 0 bridgehead atoms. The van der Waals surface area contributed by atoms with Crippen LogP contribution in [0, 0.1) is 5.82 Å². The molecule has 0 aliphatic heterocycles. The zero-order chi connectivity index (χ0) is 11.4. The minimum absolute atomic E-state index is 0.253. The Morgan fingerprint density at radius 1 is 1.19 bits per heavy atom. The van der Waals surface area contributed by atoms with E-state index in [4.69, 9.17) is 4.42 Å². The summed E-state index contributed by atoms with van der Waals surface area (Å²) in [6, 6.07) is 6.11. The van der Waals surface area contributed by atoms with Crippen LogP contribution in [-0.4, -0.2) is 10.2 Å². The SMILES string of the molecule is CCc1nnc(CNc2ccc(F)cc2)o1. The van der Waals surface area contributed by atoms with Crippen molar-refractivity contribution in [3.63, 3.8) is 0 Å². The highest BCUT2D eigenvalue weighted by atomic mass is 19.1. The Balaban J connectivity index is 1.94. The third kappa shape index (κ3) is 2.56. The van der Waals surface area contributed by atoms with Crippen molar-refractivity contribution in [3.8, 4) is 0 Å². The fourth-order valence-electron chi connectivity index (χ4n) is 1.25. The monoisotopic (exact) mass is 221 g/mol. The van der Waals surface area contributed by atoms with Gasteiger partial charge in [-0.1, -0.05) is 6.92 Å². The van der Waals surface area contributed by atoms with Gasteiger partial charge in [0.05, 0.1) is 6.54 Å². The van der Waals surface area contributed by atoms with Crippen LogP contribution in [0.1, 0.15) is 18.7 Å². The third-order valence-electron chi connectivity index (χ3n) is 2.10. The molecule has 0 aliphatic rings. The first-order chi connectivity index (χ1) is 7.78. The molecule has 2 rings (SSSR count). The van der Waals surface area contributed by atoms with Crippen molar-refractivity contribution in [2.24, 2.45) is 0 Å². The fourth-order valence-corrected chi connectivity index (χ4v) is 1.25. The van der Waals surface area contributed by atoms with E-state index in [0.29, 0.717) is 18.3 Å². The van der Waals surface area contributed by atoms with Crippen molar-refractivity contribution in [2.75, 3.05) is 5.32 Å². The Kier molecular flexibility index (Phi) is 3.14. The molecule has 0 saturated carbocycles. The Morgan fingerprint density at radius 3 is 2.50 bits per heavy atom. The van der Waals surface area contributed by atoms with Gasteiger partial charge < -0.3 is 9.73 Å². The molecular weight excluding hydrogens is 209 g/mol. The lowest BCUT2D eigenvalue weighted by Crippen LogP contribution is -1.99. The van der Waals surface area contributed by atoms with Crippen molar-refractivity contribution in [1.29, 1.82) is 0 Å². The highest BCUT2D eigenvalue weighted by Crippen LogP contribution is 2.10. The molecule has 2 aromatic rings. The van der Waals surface area contributed by atoms with E-state index in [1.54, 1.807) is 12.1 Å². The molecule has 5 heteroatoms. The third-order valence-corrected chi connectivity index (χ3v) is 2.10. The molecule has 0 atom stereocenters. The van der Waals surface area contributed by atoms with E-state index in [1.807, 2.05) is 6.92 Å². The first kappa shape index (κ1) is 10.6. The van der Waals surface area contributed by atoms with Gasteiger partial charge in [-0.3, -0.25) is 0 Å². The van der Waals surface area contributed by atoms with Crippen LogP contribution in [0.15, 0.2) is 28.7 Å². The Labute approximate surface area is 92.5 Å². The van der Waals surface area contributed by atoms with Crippen molar-refractivity contribution in [1.82, 2.24) is 10.2 Å². The molecule has 0 unspecified atom stereocenters. The zero-order valence-electron chi connectivity index (χ0n) is 8.90. The summed E-state index contributed by atoms with van der Waals surface area (Å²) in [5.74, 6) is 0.897. The molecule has 1 aromatic heterocycles. The van der Waals surface area contributed by atoms with Gasteiger partial charge in [-0.05, 0) is 24.3 Å². The van der Waals surface area contributed by atoms with Gasteiger partial charge in [-0.15, -0.1) is 10.2 Å². The Hall–Kier alpha value is -1.91. The molecular formula is C11H12FN3O. The normalized spacial score (nSPS) is 10.4. The van der Waals surface area contributed by atoms with Gasteiger partial charge in [-0.2, -0.15) is 0 Å². The van der Waals surface area contributed by atoms with Crippen LogP contribution in [0.5, 0.6) is 0 Å². The quantitative estimate of drug-likeness (QED) is 0.861. The van der Waals surface area contributed by atoms with Gasteiger partial charge in [0, 0.05) is 12.1 Å². The summed E-state index contributed by atoms with van der Waals surface area (Å²) in [5.41, 5.74) is 0.817. The molecule has 0 spiro atoms. The molecule has 1 N–H and O–H groups in total. The molecule has 1 aromatic carbocycles. The van der Waals surface area contributed by atoms with Crippen LogP contribution < -0.4 is 5.32 Å². The summed E-state index contributed by atoms with van der Waals surface area (Å²) in [5, 5.41) is 10.8.